The van der Waals surface area contributed by atoms with E-state index >= 15 is 0 Å². The fraction of sp³-hybridized carbons (Fsp3) is 0.345. The number of carbonyl (C=O) groups excluding carboxylic acids is 2. The number of anilines is 1. The number of likely N-dealkylation sites (N-methyl/N-ethyl adjacent to an activating group) is 1. The van der Waals surface area contributed by atoms with Gasteiger partial charge in [0.1, 0.15) is 6.10 Å². The van der Waals surface area contributed by atoms with E-state index in [0.29, 0.717) is 47.2 Å². The zero-order valence-electron chi connectivity index (χ0n) is 21.8. The van der Waals surface area contributed by atoms with Crippen LogP contribution in [-0.2, 0) is 6.54 Å². The lowest BCUT2D eigenvalue weighted by Crippen LogP contribution is -2.49. The van der Waals surface area contributed by atoms with E-state index in [2.05, 4.69) is 15.2 Å². The first kappa shape index (κ1) is 27.6. The highest BCUT2D eigenvalue weighted by Crippen LogP contribution is 2.35. The predicted molar refractivity (Wildman–Crippen MR) is 148 cm³/mol. The predicted octanol–water partition coefficient (Wildman–Crippen LogP) is 4.34. The van der Waals surface area contributed by atoms with Gasteiger partial charge in [0.25, 0.3) is 11.8 Å². The van der Waals surface area contributed by atoms with Crippen LogP contribution < -0.4 is 10.1 Å². The molecule has 8 nitrogen and oxygen atoms in total. The van der Waals surface area contributed by atoms with Crippen LogP contribution in [0.2, 0.25) is 5.02 Å². The van der Waals surface area contributed by atoms with Gasteiger partial charge in [-0.05, 0) is 55.9 Å². The largest absolute Gasteiger partial charge is 0.486 e. The Bertz CT molecular complexity index is 1270. The van der Waals surface area contributed by atoms with Crippen molar-refractivity contribution >= 4 is 29.1 Å². The molecule has 3 atom stereocenters. The minimum Gasteiger partial charge on any atom is -0.486 e. The zero-order valence-corrected chi connectivity index (χ0v) is 22.6. The van der Waals surface area contributed by atoms with Gasteiger partial charge in [0.05, 0.1) is 23.9 Å². The summed E-state index contributed by atoms with van der Waals surface area (Å²) in [4.78, 5) is 34.4. The Morgan fingerprint density at radius 3 is 2.68 bits per heavy atom. The lowest BCUT2D eigenvalue weighted by molar-refractivity contribution is 0.0343. The number of ether oxygens (including phenoxy) is 1. The molecule has 2 heterocycles. The van der Waals surface area contributed by atoms with Crippen molar-refractivity contribution in [3.8, 4) is 5.75 Å². The third kappa shape index (κ3) is 6.51. The van der Waals surface area contributed by atoms with Gasteiger partial charge in [-0.15, -0.1) is 0 Å². The molecular formula is C29H33ClN4O4. The van der Waals surface area contributed by atoms with E-state index in [1.54, 1.807) is 47.6 Å². The second-order valence-electron chi connectivity index (χ2n) is 9.82. The van der Waals surface area contributed by atoms with Crippen molar-refractivity contribution in [1.82, 2.24) is 14.8 Å². The van der Waals surface area contributed by atoms with E-state index in [-0.39, 0.29) is 36.5 Å². The molecule has 0 saturated carbocycles. The molecule has 4 rings (SSSR count). The number of nitrogens with zero attached hydrogens (tertiary/aromatic N) is 3. The number of amides is 2. The number of benzene rings is 2. The molecule has 1 unspecified atom stereocenters. The Kier molecular flexibility index (Phi) is 8.99. The molecule has 2 N–H and O–H groups in total. The first-order valence-corrected chi connectivity index (χ1v) is 13.0. The monoisotopic (exact) mass is 536 g/mol. The van der Waals surface area contributed by atoms with Crippen molar-refractivity contribution in [2.24, 2.45) is 5.92 Å². The van der Waals surface area contributed by atoms with Crippen LogP contribution in [0.4, 0.5) is 5.69 Å². The van der Waals surface area contributed by atoms with Gasteiger partial charge in [-0.1, -0.05) is 36.7 Å². The van der Waals surface area contributed by atoms with Gasteiger partial charge < -0.3 is 20.1 Å². The highest BCUT2D eigenvalue weighted by molar-refractivity contribution is 6.30. The number of halogens is 1. The molecule has 9 heteroatoms. The normalized spacial score (nSPS) is 18.3. The second kappa shape index (κ2) is 12.4. The number of aliphatic hydroxyl groups is 1. The van der Waals surface area contributed by atoms with Crippen molar-refractivity contribution in [1.29, 1.82) is 0 Å². The van der Waals surface area contributed by atoms with Crippen LogP contribution >= 0.6 is 11.6 Å². The van der Waals surface area contributed by atoms with Gasteiger partial charge in [0.2, 0.25) is 0 Å². The van der Waals surface area contributed by atoms with Crippen molar-refractivity contribution in [3.05, 3.63) is 88.7 Å². The molecule has 1 aliphatic rings. The fourth-order valence-electron chi connectivity index (χ4n) is 4.58. The Morgan fingerprint density at radius 1 is 1.24 bits per heavy atom. The Morgan fingerprint density at radius 2 is 1.97 bits per heavy atom. The number of fused-ring (bicyclic) bond motifs is 1. The summed E-state index contributed by atoms with van der Waals surface area (Å²) in [6.07, 6.45) is 2.79. The van der Waals surface area contributed by atoms with E-state index in [1.807, 2.05) is 45.2 Å². The summed E-state index contributed by atoms with van der Waals surface area (Å²) in [6.45, 7) is 5.34. The maximum atomic E-state index is 13.6. The molecule has 200 valence electrons. The molecule has 1 aliphatic heterocycles. The van der Waals surface area contributed by atoms with Crippen molar-refractivity contribution in [2.75, 3.05) is 32.1 Å². The standard InChI is InChI=1S/C29H33ClN4O4/c1-19-15-34(20(2)18-35)29(37)24-8-5-9-25(32-28(36)22-10-12-31-13-11-22)27(24)38-26(19)17-33(3)16-21-6-4-7-23(30)14-21/h4-14,19-20,26,35H,15-18H2,1-3H3,(H,32,36)/t19-,20?,26+/m1/s1. The van der Waals surface area contributed by atoms with Crippen LogP contribution in [0.5, 0.6) is 5.75 Å². The summed E-state index contributed by atoms with van der Waals surface area (Å²) < 4.78 is 6.58. The number of aromatic nitrogens is 1. The van der Waals surface area contributed by atoms with Crippen LogP contribution in [0.1, 0.15) is 40.1 Å². The van der Waals surface area contributed by atoms with Gasteiger partial charge in [0, 0.05) is 48.5 Å². The summed E-state index contributed by atoms with van der Waals surface area (Å²) in [5.41, 5.74) is 2.27. The number of para-hydroxylation sites is 1. The molecule has 0 spiro atoms. The highest BCUT2D eigenvalue weighted by Gasteiger charge is 2.34. The molecule has 1 aromatic heterocycles. The third-order valence-corrected chi connectivity index (χ3v) is 6.95. The number of carbonyl (C=O) groups is 2. The molecule has 3 aromatic rings. The average molecular weight is 537 g/mol. The summed E-state index contributed by atoms with van der Waals surface area (Å²) in [5.74, 6) is -0.323. The van der Waals surface area contributed by atoms with Crippen LogP contribution in [0.3, 0.4) is 0 Å². The van der Waals surface area contributed by atoms with Crippen LogP contribution in [0, 0.1) is 5.92 Å². The van der Waals surface area contributed by atoms with E-state index in [0.717, 1.165) is 5.56 Å². The van der Waals surface area contributed by atoms with E-state index < -0.39 is 0 Å². The van der Waals surface area contributed by atoms with Gasteiger partial charge in [-0.2, -0.15) is 0 Å². The lowest BCUT2D eigenvalue weighted by Gasteiger charge is -2.38. The first-order chi connectivity index (χ1) is 18.3. The molecule has 2 aromatic carbocycles. The maximum absolute atomic E-state index is 13.6. The molecule has 0 saturated heterocycles. The van der Waals surface area contributed by atoms with E-state index in [4.69, 9.17) is 16.3 Å². The van der Waals surface area contributed by atoms with Gasteiger partial charge in [0.15, 0.2) is 5.75 Å². The summed E-state index contributed by atoms with van der Waals surface area (Å²) in [6, 6.07) is 15.7. The summed E-state index contributed by atoms with van der Waals surface area (Å²) >= 11 is 6.18. The highest BCUT2D eigenvalue weighted by atomic mass is 35.5. The van der Waals surface area contributed by atoms with Crippen molar-refractivity contribution in [3.63, 3.8) is 0 Å². The number of nitrogens with one attached hydrogen (secondary N) is 1. The number of pyridine rings is 1. The molecule has 0 bridgehead atoms. The fourth-order valence-corrected chi connectivity index (χ4v) is 4.79. The van der Waals surface area contributed by atoms with Gasteiger partial charge in [-0.3, -0.25) is 19.5 Å². The molecule has 0 radical (unpaired) electrons. The average Bonchev–Trinajstić information content (AvgIpc) is 2.91. The Hall–Kier alpha value is -3.46. The first-order valence-electron chi connectivity index (χ1n) is 12.6. The number of hydrogen-bond donors (Lipinski definition) is 2. The van der Waals surface area contributed by atoms with Crippen LogP contribution in [-0.4, -0.2) is 70.6 Å². The Labute approximate surface area is 228 Å². The number of hydrogen-bond acceptors (Lipinski definition) is 6. The molecule has 0 aliphatic carbocycles. The Balaban J connectivity index is 1.67. The SMILES string of the molecule is CC(CO)N1C[C@@H](C)[C@H](CN(C)Cc2cccc(Cl)c2)Oc2c(NC(=O)c3ccncc3)cccc2C1=O. The smallest absolute Gasteiger partial charge is 0.258 e. The molecule has 0 fully saturated rings. The van der Waals surface area contributed by atoms with Crippen LogP contribution in [0.25, 0.3) is 0 Å². The summed E-state index contributed by atoms with van der Waals surface area (Å²) in [7, 11) is 2.01. The number of aliphatic hydroxyl groups excluding tert-OH is 1. The van der Waals surface area contributed by atoms with Gasteiger partial charge >= 0.3 is 0 Å². The minimum absolute atomic E-state index is 0.0631. The third-order valence-electron chi connectivity index (χ3n) is 6.72. The van der Waals surface area contributed by atoms with E-state index in [9.17, 15) is 14.7 Å². The quantitative estimate of drug-likeness (QED) is 0.445. The second-order valence-corrected chi connectivity index (χ2v) is 10.3. The lowest BCUT2D eigenvalue weighted by atomic mass is 9.98. The summed E-state index contributed by atoms with van der Waals surface area (Å²) in [5, 5.41) is 13.5. The van der Waals surface area contributed by atoms with Gasteiger partial charge in [-0.25, -0.2) is 0 Å². The number of rotatable bonds is 8. The maximum Gasteiger partial charge on any atom is 0.258 e. The van der Waals surface area contributed by atoms with Crippen molar-refractivity contribution < 1.29 is 19.4 Å². The van der Waals surface area contributed by atoms with Crippen molar-refractivity contribution in [2.45, 2.75) is 32.5 Å². The minimum atomic E-state index is -0.379. The molecular weight excluding hydrogens is 504 g/mol. The molecule has 38 heavy (non-hydrogen) atoms. The topological polar surface area (TPSA) is 95.0 Å². The molecule has 2 amide bonds. The zero-order chi connectivity index (χ0) is 27.2. The van der Waals surface area contributed by atoms with Crippen LogP contribution in [0.15, 0.2) is 67.0 Å². The van der Waals surface area contributed by atoms with E-state index in [1.165, 1.54) is 0 Å².